The highest BCUT2D eigenvalue weighted by atomic mass is 32.2. The van der Waals surface area contributed by atoms with Gasteiger partial charge in [0.1, 0.15) is 0 Å². The molecule has 0 bridgehead atoms. The Morgan fingerprint density at radius 1 is 1.23 bits per heavy atom. The number of nitrogens with zero attached hydrogens (tertiary/aromatic N) is 1. The van der Waals surface area contributed by atoms with Crippen molar-refractivity contribution in [2.75, 3.05) is 19.6 Å². The molecule has 1 aromatic rings. The molecule has 0 radical (unpaired) electrons. The van der Waals surface area contributed by atoms with Crippen molar-refractivity contribution >= 4 is 21.9 Å². The van der Waals surface area contributed by atoms with Crippen molar-refractivity contribution in [1.29, 1.82) is 0 Å². The first-order valence-electron chi connectivity index (χ1n) is 8.82. The molecule has 1 amide bonds. The number of hydrogen-bond acceptors (Lipinski definition) is 4. The van der Waals surface area contributed by atoms with Gasteiger partial charge in [-0.1, -0.05) is 19.4 Å². The third-order valence-corrected chi connectivity index (χ3v) is 6.56. The number of nitrogens with one attached hydrogen (secondary N) is 1. The Labute approximate surface area is 154 Å². The van der Waals surface area contributed by atoms with Gasteiger partial charge in [0.2, 0.25) is 10.0 Å². The largest absolute Gasteiger partial charge is 0.481 e. The van der Waals surface area contributed by atoms with Crippen LogP contribution in [0.4, 0.5) is 0 Å². The van der Waals surface area contributed by atoms with Crippen molar-refractivity contribution in [2.45, 2.75) is 44.4 Å². The number of carboxylic acid groups (broad SMARTS) is 1. The molecular formula is C18H26N2O5S. The predicted octanol–water partition coefficient (Wildman–Crippen LogP) is 2.01. The molecule has 8 heteroatoms. The van der Waals surface area contributed by atoms with Crippen molar-refractivity contribution in [1.82, 2.24) is 9.62 Å². The maximum atomic E-state index is 12.9. The predicted molar refractivity (Wildman–Crippen MR) is 97.5 cm³/mol. The van der Waals surface area contributed by atoms with Gasteiger partial charge < -0.3 is 10.4 Å². The molecule has 1 unspecified atom stereocenters. The zero-order chi connectivity index (χ0) is 19.3. The van der Waals surface area contributed by atoms with E-state index in [0.717, 1.165) is 19.3 Å². The van der Waals surface area contributed by atoms with E-state index in [9.17, 15) is 18.0 Å². The van der Waals surface area contributed by atoms with Crippen LogP contribution in [0.5, 0.6) is 0 Å². The first-order valence-corrected chi connectivity index (χ1v) is 10.3. The summed E-state index contributed by atoms with van der Waals surface area (Å²) in [6.45, 7) is 4.67. The van der Waals surface area contributed by atoms with Gasteiger partial charge in [0.25, 0.3) is 5.91 Å². The fourth-order valence-corrected chi connectivity index (χ4v) is 4.77. The minimum atomic E-state index is -3.62. The third-order valence-electron chi connectivity index (χ3n) is 4.52. The second-order valence-corrected chi connectivity index (χ2v) is 8.76. The Morgan fingerprint density at radius 3 is 2.50 bits per heavy atom. The number of aryl methyl sites for hydroxylation is 1. The van der Waals surface area contributed by atoms with E-state index in [-0.39, 0.29) is 29.3 Å². The first kappa shape index (κ1) is 20.4. The van der Waals surface area contributed by atoms with E-state index >= 15 is 0 Å². The third kappa shape index (κ3) is 5.04. The smallest absolute Gasteiger partial charge is 0.303 e. The lowest BCUT2D eigenvalue weighted by Crippen LogP contribution is -2.36. The molecule has 1 aliphatic heterocycles. The van der Waals surface area contributed by atoms with E-state index in [1.807, 2.05) is 0 Å². The molecule has 144 valence electrons. The van der Waals surface area contributed by atoms with Crippen LogP contribution in [0.15, 0.2) is 23.1 Å². The highest BCUT2D eigenvalue weighted by Gasteiger charge is 2.28. The van der Waals surface area contributed by atoms with Crippen LogP contribution in [-0.2, 0) is 14.8 Å². The van der Waals surface area contributed by atoms with Crippen LogP contribution < -0.4 is 5.32 Å². The summed E-state index contributed by atoms with van der Waals surface area (Å²) >= 11 is 0. The normalized spacial score (nSPS) is 16.8. The minimum absolute atomic E-state index is 0.0389. The van der Waals surface area contributed by atoms with Gasteiger partial charge in [0.15, 0.2) is 0 Å². The van der Waals surface area contributed by atoms with Crippen molar-refractivity contribution < 1.29 is 23.1 Å². The standard InChI is InChI=1S/C18H26N2O5S/c1-13(10-17(21)22)12-19-18(23)15-7-6-14(2)16(11-15)26(24,25)20-8-4-3-5-9-20/h6-7,11,13H,3-5,8-10,12H2,1-2H3,(H,19,23)(H,21,22). The molecule has 1 atom stereocenters. The van der Waals surface area contributed by atoms with Gasteiger partial charge in [-0.3, -0.25) is 9.59 Å². The topological polar surface area (TPSA) is 104 Å². The monoisotopic (exact) mass is 382 g/mol. The molecule has 0 saturated carbocycles. The van der Waals surface area contributed by atoms with Crippen LogP contribution in [0, 0.1) is 12.8 Å². The summed E-state index contributed by atoms with van der Waals surface area (Å²) in [6, 6.07) is 4.63. The van der Waals surface area contributed by atoms with E-state index < -0.39 is 21.9 Å². The Balaban J connectivity index is 2.15. The van der Waals surface area contributed by atoms with Crippen LogP contribution in [-0.4, -0.2) is 49.3 Å². The Morgan fingerprint density at radius 2 is 1.88 bits per heavy atom. The van der Waals surface area contributed by atoms with Gasteiger partial charge in [-0.05, 0) is 43.4 Å². The number of carbonyl (C=O) groups excluding carboxylic acids is 1. The summed E-state index contributed by atoms with van der Waals surface area (Å²) in [5, 5.41) is 11.4. The van der Waals surface area contributed by atoms with Gasteiger partial charge in [-0.2, -0.15) is 4.31 Å². The molecule has 26 heavy (non-hydrogen) atoms. The first-order chi connectivity index (χ1) is 12.2. The van der Waals surface area contributed by atoms with Gasteiger partial charge >= 0.3 is 5.97 Å². The Kier molecular flexibility index (Phi) is 6.77. The molecular weight excluding hydrogens is 356 g/mol. The van der Waals surface area contributed by atoms with E-state index in [2.05, 4.69) is 5.32 Å². The van der Waals surface area contributed by atoms with Crippen LogP contribution >= 0.6 is 0 Å². The van der Waals surface area contributed by atoms with Crippen LogP contribution in [0.2, 0.25) is 0 Å². The van der Waals surface area contributed by atoms with E-state index in [0.29, 0.717) is 18.7 Å². The molecule has 1 aromatic carbocycles. The highest BCUT2D eigenvalue weighted by Crippen LogP contribution is 2.24. The SMILES string of the molecule is Cc1ccc(C(=O)NCC(C)CC(=O)O)cc1S(=O)(=O)N1CCCCC1. The van der Waals surface area contributed by atoms with Crippen molar-refractivity contribution in [3.05, 3.63) is 29.3 Å². The number of piperidine rings is 1. The van der Waals surface area contributed by atoms with Gasteiger partial charge in [-0.15, -0.1) is 0 Å². The number of sulfonamides is 1. The highest BCUT2D eigenvalue weighted by molar-refractivity contribution is 7.89. The second-order valence-electron chi connectivity index (χ2n) is 6.86. The summed E-state index contributed by atoms with van der Waals surface area (Å²) in [4.78, 5) is 23.2. The van der Waals surface area contributed by atoms with Crippen LogP contribution in [0.25, 0.3) is 0 Å². The number of carboxylic acids is 1. The zero-order valence-electron chi connectivity index (χ0n) is 15.2. The van der Waals surface area contributed by atoms with E-state index in [1.54, 1.807) is 26.0 Å². The maximum Gasteiger partial charge on any atom is 0.303 e. The average Bonchev–Trinajstić information content (AvgIpc) is 2.60. The lowest BCUT2D eigenvalue weighted by atomic mass is 10.1. The van der Waals surface area contributed by atoms with Gasteiger partial charge in [0, 0.05) is 31.6 Å². The van der Waals surface area contributed by atoms with Gasteiger partial charge in [-0.25, -0.2) is 8.42 Å². The Hall–Kier alpha value is -1.93. The zero-order valence-corrected chi connectivity index (χ0v) is 16.0. The Bertz CT molecular complexity index is 770. The lowest BCUT2D eigenvalue weighted by molar-refractivity contribution is -0.137. The molecule has 0 aliphatic carbocycles. The minimum Gasteiger partial charge on any atom is -0.481 e. The second kappa shape index (κ2) is 8.64. The number of carbonyl (C=O) groups is 2. The summed E-state index contributed by atoms with van der Waals surface area (Å²) in [7, 11) is -3.62. The van der Waals surface area contributed by atoms with E-state index in [1.165, 1.54) is 10.4 Å². The molecule has 1 aliphatic rings. The summed E-state index contributed by atoms with van der Waals surface area (Å²) in [5.41, 5.74) is 0.861. The number of hydrogen-bond donors (Lipinski definition) is 2. The molecule has 7 nitrogen and oxygen atoms in total. The molecule has 0 aromatic heterocycles. The summed E-state index contributed by atoms with van der Waals surface area (Å²) in [5.74, 6) is -1.53. The number of aliphatic carboxylic acids is 1. The quantitative estimate of drug-likeness (QED) is 0.751. The molecule has 1 heterocycles. The number of amides is 1. The number of benzene rings is 1. The molecule has 1 saturated heterocycles. The molecule has 1 fully saturated rings. The summed E-state index contributed by atoms with van der Waals surface area (Å²) < 4.78 is 27.3. The average molecular weight is 382 g/mol. The molecule has 2 rings (SSSR count). The van der Waals surface area contributed by atoms with Crippen molar-refractivity contribution in [3.63, 3.8) is 0 Å². The molecule has 2 N–H and O–H groups in total. The number of rotatable bonds is 7. The lowest BCUT2D eigenvalue weighted by Gasteiger charge is -2.26. The summed E-state index contributed by atoms with van der Waals surface area (Å²) in [6.07, 6.45) is 2.69. The fraction of sp³-hybridized carbons (Fsp3) is 0.556. The molecule has 0 spiro atoms. The fourth-order valence-electron chi connectivity index (χ4n) is 3.00. The van der Waals surface area contributed by atoms with Crippen LogP contribution in [0.3, 0.4) is 0 Å². The van der Waals surface area contributed by atoms with E-state index in [4.69, 9.17) is 5.11 Å². The maximum absolute atomic E-state index is 12.9. The van der Waals surface area contributed by atoms with Crippen LogP contribution in [0.1, 0.15) is 48.5 Å². The van der Waals surface area contributed by atoms with Gasteiger partial charge in [0.05, 0.1) is 4.90 Å². The van der Waals surface area contributed by atoms with Crippen molar-refractivity contribution in [3.8, 4) is 0 Å². The van der Waals surface area contributed by atoms with Crippen molar-refractivity contribution in [2.24, 2.45) is 5.92 Å².